The average Bonchev–Trinajstić information content (AvgIpc) is 3.42. The second kappa shape index (κ2) is 7.83. The molecule has 1 fully saturated rings. The second-order valence-electron chi connectivity index (χ2n) is 7.37. The van der Waals surface area contributed by atoms with Gasteiger partial charge in [0.2, 0.25) is 5.82 Å². The lowest BCUT2D eigenvalue weighted by Crippen LogP contribution is -2.44. The third kappa shape index (κ3) is 3.58. The molecule has 0 spiro atoms. The van der Waals surface area contributed by atoms with Gasteiger partial charge in [0, 0.05) is 12.1 Å². The molecule has 4 rings (SSSR count). The van der Waals surface area contributed by atoms with E-state index in [9.17, 15) is 9.18 Å². The Kier molecular flexibility index (Phi) is 5.26. The van der Waals surface area contributed by atoms with Gasteiger partial charge in [0.05, 0.1) is 10.6 Å². The van der Waals surface area contributed by atoms with Crippen molar-refractivity contribution in [2.75, 3.05) is 0 Å². The van der Waals surface area contributed by atoms with Crippen LogP contribution in [0.25, 0.3) is 16.4 Å². The zero-order valence-electron chi connectivity index (χ0n) is 16.0. The molecule has 0 saturated heterocycles. The van der Waals surface area contributed by atoms with E-state index >= 15 is 0 Å². The van der Waals surface area contributed by atoms with Crippen LogP contribution < -0.4 is 0 Å². The Morgan fingerprint density at radius 2 is 2.04 bits per heavy atom. The SMILES string of the molecule is CC(C)N(C(=O)c1nc(-c2cccs2)n(-c2cccc(F)c2)n1)C1CCCC1. The number of thiophene rings is 1. The second-order valence-corrected chi connectivity index (χ2v) is 8.32. The van der Waals surface area contributed by atoms with Gasteiger partial charge in [-0.15, -0.1) is 16.4 Å². The summed E-state index contributed by atoms with van der Waals surface area (Å²) in [5, 5.41) is 6.45. The van der Waals surface area contributed by atoms with E-state index in [4.69, 9.17) is 0 Å². The molecule has 1 saturated carbocycles. The van der Waals surface area contributed by atoms with Crippen LogP contribution in [0.15, 0.2) is 41.8 Å². The average molecular weight is 399 g/mol. The number of hydrogen-bond donors (Lipinski definition) is 0. The number of carbonyl (C=O) groups is 1. The lowest BCUT2D eigenvalue weighted by molar-refractivity contribution is 0.0600. The summed E-state index contributed by atoms with van der Waals surface area (Å²) in [5.41, 5.74) is 0.548. The van der Waals surface area contributed by atoms with E-state index < -0.39 is 0 Å². The van der Waals surface area contributed by atoms with Gasteiger partial charge < -0.3 is 4.90 Å². The Morgan fingerprint density at radius 1 is 1.25 bits per heavy atom. The van der Waals surface area contributed by atoms with E-state index in [0.717, 1.165) is 30.6 Å². The maximum atomic E-state index is 13.8. The first kappa shape index (κ1) is 18.8. The maximum Gasteiger partial charge on any atom is 0.294 e. The van der Waals surface area contributed by atoms with E-state index in [1.54, 1.807) is 16.8 Å². The van der Waals surface area contributed by atoms with Crippen LogP contribution in [0, 0.1) is 5.82 Å². The smallest absolute Gasteiger partial charge is 0.294 e. The van der Waals surface area contributed by atoms with Crippen LogP contribution in [0.3, 0.4) is 0 Å². The molecule has 0 aliphatic heterocycles. The standard InChI is InChI=1S/C21H23FN4OS/c1-14(2)25(16-8-3-4-9-16)21(27)19-23-20(18-11-6-12-28-18)26(24-19)17-10-5-7-15(22)13-17/h5-7,10-14,16H,3-4,8-9H2,1-2H3. The van der Waals surface area contributed by atoms with Crippen LogP contribution in [0.1, 0.15) is 50.1 Å². The fraction of sp³-hybridized carbons (Fsp3) is 0.381. The Labute approximate surface area is 167 Å². The molecule has 1 aromatic carbocycles. The first-order valence-electron chi connectivity index (χ1n) is 9.64. The molecule has 3 aromatic rings. The molecule has 1 aliphatic rings. The highest BCUT2D eigenvalue weighted by Crippen LogP contribution is 2.29. The minimum absolute atomic E-state index is 0.0712. The summed E-state index contributed by atoms with van der Waals surface area (Å²) in [7, 11) is 0. The zero-order chi connectivity index (χ0) is 19.7. The Bertz CT molecular complexity index is 961. The summed E-state index contributed by atoms with van der Waals surface area (Å²) < 4.78 is 15.4. The van der Waals surface area contributed by atoms with Gasteiger partial charge in [0.25, 0.3) is 5.91 Å². The van der Waals surface area contributed by atoms with E-state index in [1.165, 1.54) is 23.5 Å². The summed E-state index contributed by atoms with van der Waals surface area (Å²) in [6, 6.07) is 10.3. The molecule has 0 N–H and O–H groups in total. The van der Waals surface area contributed by atoms with Gasteiger partial charge in [-0.2, -0.15) is 0 Å². The highest BCUT2D eigenvalue weighted by molar-refractivity contribution is 7.13. The lowest BCUT2D eigenvalue weighted by Gasteiger charge is -2.31. The van der Waals surface area contributed by atoms with Crippen molar-refractivity contribution in [3.63, 3.8) is 0 Å². The van der Waals surface area contributed by atoms with Crippen molar-refractivity contribution in [1.82, 2.24) is 19.7 Å². The summed E-state index contributed by atoms with van der Waals surface area (Å²) in [6.45, 7) is 4.06. The minimum Gasteiger partial charge on any atom is -0.330 e. The minimum atomic E-state index is -0.354. The third-order valence-corrected chi connectivity index (χ3v) is 5.97. The normalized spacial score (nSPS) is 14.7. The van der Waals surface area contributed by atoms with Crippen molar-refractivity contribution in [1.29, 1.82) is 0 Å². The van der Waals surface area contributed by atoms with Crippen LogP contribution >= 0.6 is 11.3 Å². The Morgan fingerprint density at radius 3 is 2.68 bits per heavy atom. The molecule has 1 amide bonds. The van der Waals surface area contributed by atoms with Crippen molar-refractivity contribution in [3.05, 3.63) is 53.4 Å². The van der Waals surface area contributed by atoms with Crippen molar-refractivity contribution in [3.8, 4) is 16.4 Å². The van der Waals surface area contributed by atoms with Crippen LogP contribution in [0.4, 0.5) is 4.39 Å². The molecule has 1 aliphatic carbocycles. The first-order chi connectivity index (χ1) is 13.5. The quantitative estimate of drug-likeness (QED) is 0.612. The predicted octanol–water partition coefficient (Wildman–Crippen LogP) is 4.93. The number of hydrogen-bond acceptors (Lipinski definition) is 4. The number of aromatic nitrogens is 3. The van der Waals surface area contributed by atoms with Crippen molar-refractivity contribution in [2.24, 2.45) is 0 Å². The molecule has 0 radical (unpaired) electrons. The monoisotopic (exact) mass is 398 g/mol. The molecule has 7 heteroatoms. The molecule has 28 heavy (non-hydrogen) atoms. The summed E-state index contributed by atoms with van der Waals surface area (Å²) in [4.78, 5) is 20.7. The summed E-state index contributed by atoms with van der Waals surface area (Å²) in [5.74, 6) is 0.204. The van der Waals surface area contributed by atoms with Crippen LogP contribution in [0.2, 0.25) is 0 Å². The summed E-state index contributed by atoms with van der Waals surface area (Å²) >= 11 is 1.51. The lowest BCUT2D eigenvalue weighted by atomic mass is 10.1. The van der Waals surface area contributed by atoms with Crippen LogP contribution in [-0.2, 0) is 0 Å². The maximum absolute atomic E-state index is 13.8. The van der Waals surface area contributed by atoms with Crippen LogP contribution in [0.5, 0.6) is 0 Å². The van der Waals surface area contributed by atoms with E-state index in [2.05, 4.69) is 10.1 Å². The van der Waals surface area contributed by atoms with Gasteiger partial charge in [0.1, 0.15) is 5.82 Å². The molecule has 2 heterocycles. The highest BCUT2D eigenvalue weighted by Gasteiger charge is 2.32. The van der Waals surface area contributed by atoms with E-state index in [-0.39, 0.29) is 29.6 Å². The number of rotatable bonds is 5. The molecule has 0 bridgehead atoms. The molecule has 2 aromatic heterocycles. The van der Waals surface area contributed by atoms with Gasteiger partial charge >= 0.3 is 0 Å². The van der Waals surface area contributed by atoms with Gasteiger partial charge in [-0.05, 0) is 56.3 Å². The van der Waals surface area contributed by atoms with Gasteiger partial charge in [-0.1, -0.05) is 25.0 Å². The Hall–Kier alpha value is -2.54. The van der Waals surface area contributed by atoms with Crippen LogP contribution in [-0.4, -0.2) is 37.7 Å². The Balaban J connectivity index is 1.77. The van der Waals surface area contributed by atoms with E-state index in [1.807, 2.05) is 36.3 Å². The number of carbonyl (C=O) groups excluding carboxylic acids is 1. The number of halogens is 1. The van der Waals surface area contributed by atoms with Gasteiger partial charge in [0.15, 0.2) is 5.82 Å². The fourth-order valence-electron chi connectivity index (χ4n) is 3.88. The molecular weight excluding hydrogens is 375 g/mol. The highest BCUT2D eigenvalue weighted by atomic mass is 32.1. The molecule has 5 nitrogen and oxygen atoms in total. The zero-order valence-corrected chi connectivity index (χ0v) is 16.8. The van der Waals surface area contributed by atoms with Crippen molar-refractivity contribution in [2.45, 2.75) is 51.6 Å². The van der Waals surface area contributed by atoms with Gasteiger partial charge in [-0.25, -0.2) is 14.1 Å². The largest absolute Gasteiger partial charge is 0.330 e. The van der Waals surface area contributed by atoms with E-state index in [0.29, 0.717) is 11.5 Å². The van der Waals surface area contributed by atoms with Gasteiger partial charge in [-0.3, -0.25) is 4.79 Å². The topological polar surface area (TPSA) is 51.0 Å². The number of benzene rings is 1. The molecule has 0 unspecified atom stereocenters. The predicted molar refractivity (Wildman–Crippen MR) is 108 cm³/mol. The molecular formula is C21H23FN4OS. The molecule has 146 valence electrons. The van der Waals surface area contributed by atoms with Crippen molar-refractivity contribution < 1.29 is 9.18 Å². The number of amides is 1. The first-order valence-corrected chi connectivity index (χ1v) is 10.5. The molecule has 0 atom stereocenters. The number of nitrogens with zero attached hydrogens (tertiary/aromatic N) is 4. The fourth-order valence-corrected chi connectivity index (χ4v) is 4.57. The summed E-state index contributed by atoms with van der Waals surface area (Å²) in [6.07, 6.45) is 4.33. The third-order valence-electron chi connectivity index (χ3n) is 5.10. The van der Waals surface area contributed by atoms with Crippen molar-refractivity contribution >= 4 is 17.2 Å².